The molecule has 0 unspecified atom stereocenters. The Balaban J connectivity index is 1.37. The monoisotopic (exact) mass is 547 g/mol. The first-order valence-corrected chi connectivity index (χ1v) is 14.0. The first kappa shape index (κ1) is 26.3. The number of halogens is 2. The predicted molar refractivity (Wildman–Crippen MR) is 145 cm³/mol. The maximum atomic E-state index is 12.7. The average Bonchev–Trinajstić information content (AvgIpc) is 2.86. The van der Waals surface area contributed by atoms with Crippen molar-refractivity contribution in [3.63, 3.8) is 0 Å². The van der Waals surface area contributed by atoms with Crippen LogP contribution in [0.3, 0.4) is 0 Å². The second-order valence-electron chi connectivity index (χ2n) is 8.54. The summed E-state index contributed by atoms with van der Waals surface area (Å²) in [4.78, 5) is 14.9. The maximum absolute atomic E-state index is 12.7. The molecule has 1 aliphatic rings. The first-order valence-electron chi connectivity index (χ1n) is 11.4. The Morgan fingerprint density at radius 3 is 2.11 bits per heavy atom. The SMILES string of the molecule is CS(=O)(=O)N(Cc1ccc(C(=O)NCc2ccc(N3CCOCC3)cc2)cc1)c1cc(Cl)cc(Cl)c1. The van der Waals surface area contributed by atoms with Crippen molar-refractivity contribution < 1.29 is 17.9 Å². The van der Waals surface area contributed by atoms with Crippen LogP contribution in [0.4, 0.5) is 11.4 Å². The number of rotatable bonds is 8. The number of ether oxygens (including phenoxy) is 1. The lowest BCUT2D eigenvalue weighted by Crippen LogP contribution is -2.36. The minimum Gasteiger partial charge on any atom is -0.378 e. The fraction of sp³-hybridized carbons (Fsp3) is 0.269. The standard InChI is InChI=1S/C26H27Cl2N3O4S/c1-36(33,34)31(25-15-22(27)14-23(28)16-25)18-20-2-6-21(7-3-20)26(32)29-17-19-4-8-24(9-5-19)30-10-12-35-13-11-30/h2-9,14-16H,10-13,17-18H2,1H3,(H,29,32). The molecule has 0 spiro atoms. The largest absolute Gasteiger partial charge is 0.378 e. The topological polar surface area (TPSA) is 79.0 Å². The zero-order chi connectivity index (χ0) is 25.7. The van der Waals surface area contributed by atoms with Gasteiger partial charge in [-0.05, 0) is 53.6 Å². The van der Waals surface area contributed by atoms with E-state index in [4.69, 9.17) is 27.9 Å². The molecule has 190 valence electrons. The number of carbonyl (C=O) groups excluding carboxylic acids is 1. The van der Waals surface area contributed by atoms with Gasteiger partial charge in [0.2, 0.25) is 10.0 Å². The summed E-state index contributed by atoms with van der Waals surface area (Å²) in [7, 11) is -3.60. The van der Waals surface area contributed by atoms with Crippen molar-refractivity contribution in [3.05, 3.63) is 93.5 Å². The molecule has 1 N–H and O–H groups in total. The normalized spacial score (nSPS) is 13.9. The minimum absolute atomic E-state index is 0.0763. The van der Waals surface area contributed by atoms with Crippen molar-refractivity contribution >= 4 is 50.5 Å². The van der Waals surface area contributed by atoms with Crippen LogP contribution in [0, 0.1) is 0 Å². The van der Waals surface area contributed by atoms with Gasteiger partial charge in [-0.2, -0.15) is 0 Å². The van der Waals surface area contributed by atoms with Crippen LogP contribution in [0.1, 0.15) is 21.5 Å². The van der Waals surface area contributed by atoms with Crippen LogP contribution in [0.5, 0.6) is 0 Å². The summed E-state index contributed by atoms with van der Waals surface area (Å²) in [5.41, 5.74) is 3.72. The van der Waals surface area contributed by atoms with Gasteiger partial charge in [0.05, 0.1) is 31.7 Å². The summed E-state index contributed by atoms with van der Waals surface area (Å²) < 4.78 is 31.5. The fourth-order valence-corrected chi connectivity index (χ4v) is 5.33. The Bertz CT molecular complexity index is 1290. The second kappa shape index (κ2) is 11.5. The summed E-state index contributed by atoms with van der Waals surface area (Å²) in [6, 6.07) is 19.6. The van der Waals surface area contributed by atoms with Gasteiger partial charge < -0.3 is 15.0 Å². The molecule has 0 aliphatic carbocycles. The maximum Gasteiger partial charge on any atom is 0.251 e. The molecule has 1 aliphatic heterocycles. The highest BCUT2D eigenvalue weighted by Crippen LogP contribution is 2.28. The van der Waals surface area contributed by atoms with E-state index in [0.29, 0.717) is 33.4 Å². The molecule has 1 amide bonds. The van der Waals surface area contributed by atoms with Crippen LogP contribution in [-0.4, -0.2) is 46.9 Å². The van der Waals surface area contributed by atoms with Crippen molar-refractivity contribution in [1.82, 2.24) is 5.32 Å². The highest BCUT2D eigenvalue weighted by Gasteiger charge is 2.19. The van der Waals surface area contributed by atoms with Crippen molar-refractivity contribution in [2.75, 3.05) is 41.8 Å². The highest BCUT2D eigenvalue weighted by atomic mass is 35.5. The van der Waals surface area contributed by atoms with Gasteiger partial charge in [0, 0.05) is 40.9 Å². The van der Waals surface area contributed by atoms with E-state index in [1.54, 1.807) is 42.5 Å². The van der Waals surface area contributed by atoms with E-state index in [1.165, 1.54) is 4.31 Å². The van der Waals surface area contributed by atoms with Crippen molar-refractivity contribution in [3.8, 4) is 0 Å². The summed E-state index contributed by atoms with van der Waals surface area (Å²) in [6.07, 6.45) is 1.12. The van der Waals surface area contributed by atoms with Crippen LogP contribution < -0.4 is 14.5 Å². The molecule has 1 fully saturated rings. The van der Waals surface area contributed by atoms with Gasteiger partial charge in [-0.25, -0.2) is 8.42 Å². The number of amides is 1. The first-order chi connectivity index (χ1) is 17.2. The van der Waals surface area contributed by atoms with E-state index in [-0.39, 0.29) is 12.5 Å². The van der Waals surface area contributed by atoms with E-state index in [2.05, 4.69) is 22.3 Å². The third-order valence-corrected chi connectivity index (χ3v) is 7.42. The lowest BCUT2D eigenvalue weighted by atomic mass is 10.1. The molecule has 3 aromatic carbocycles. The summed E-state index contributed by atoms with van der Waals surface area (Å²) in [5, 5.41) is 3.61. The van der Waals surface area contributed by atoms with Crippen LogP contribution in [0.2, 0.25) is 10.0 Å². The zero-order valence-electron chi connectivity index (χ0n) is 19.8. The van der Waals surface area contributed by atoms with Crippen LogP contribution in [-0.2, 0) is 27.8 Å². The predicted octanol–water partition coefficient (Wildman–Crippen LogP) is 4.73. The summed E-state index contributed by atoms with van der Waals surface area (Å²) in [6.45, 7) is 3.70. The van der Waals surface area contributed by atoms with Crippen LogP contribution >= 0.6 is 23.2 Å². The third kappa shape index (κ3) is 6.91. The lowest BCUT2D eigenvalue weighted by Gasteiger charge is -2.28. The number of benzene rings is 3. The molecule has 4 rings (SSSR count). The van der Waals surface area contributed by atoms with E-state index in [0.717, 1.165) is 43.8 Å². The van der Waals surface area contributed by atoms with Gasteiger partial charge in [0.1, 0.15) is 0 Å². The molecule has 36 heavy (non-hydrogen) atoms. The molecule has 0 aromatic heterocycles. The minimum atomic E-state index is -3.60. The quantitative estimate of drug-likeness (QED) is 0.441. The molecule has 7 nitrogen and oxygen atoms in total. The van der Waals surface area contributed by atoms with Crippen molar-refractivity contribution in [2.24, 2.45) is 0 Å². The van der Waals surface area contributed by atoms with Gasteiger partial charge in [-0.3, -0.25) is 9.10 Å². The van der Waals surface area contributed by atoms with Gasteiger partial charge in [0.25, 0.3) is 5.91 Å². The molecule has 0 saturated carbocycles. The molecule has 10 heteroatoms. The van der Waals surface area contributed by atoms with E-state index >= 15 is 0 Å². The highest BCUT2D eigenvalue weighted by molar-refractivity contribution is 7.92. The molecule has 1 heterocycles. The Morgan fingerprint density at radius 2 is 1.53 bits per heavy atom. The van der Waals surface area contributed by atoms with Gasteiger partial charge in [0.15, 0.2) is 0 Å². The number of anilines is 2. The summed E-state index contributed by atoms with van der Waals surface area (Å²) in [5.74, 6) is -0.208. The van der Waals surface area contributed by atoms with Crippen molar-refractivity contribution in [2.45, 2.75) is 13.1 Å². The van der Waals surface area contributed by atoms with E-state index in [9.17, 15) is 13.2 Å². The molecule has 3 aromatic rings. The number of sulfonamides is 1. The van der Waals surface area contributed by atoms with E-state index < -0.39 is 10.0 Å². The molecule has 0 bridgehead atoms. The van der Waals surface area contributed by atoms with E-state index in [1.807, 2.05) is 12.1 Å². The number of carbonyl (C=O) groups is 1. The van der Waals surface area contributed by atoms with Gasteiger partial charge in [-0.1, -0.05) is 47.5 Å². The molecule has 0 radical (unpaired) electrons. The number of hydrogen-bond acceptors (Lipinski definition) is 5. The Morgan fingerprint density at radius 1 is 0.944 bits per heavy atom. The Kier molecular flexibility index (Phi) is 8.41. The smallest absolute Gasteiger partial charge is 0.251 e. The number of nitrogens with zero attached hydrogens (tertiary/aromatic N) is 2. The number of nitrogens with one attached hydrogen (secondary N) is 1. The molecule has 0 atom stereocenters. The number of morpholine rings is 1. The zero-order valence-corrected chi connectivity index (χ0v) is 22.1. The van der Waals surface area contributed by atoms with Gasteiger partial charge >= 0.3 is 0 Å². The summed E-state index contributed by atoms with van der Waals surface area (Å²) >= 11 is 12.1. The Labute approximate surface area is 221 Å². The average molecular weight is 548 g/mol. The lowest BCUT2D eigenvalue weighted by molar-refractivity contribution is 0.0951. The van der Waals surface area contributed by atoms with Gasteiger partial charge in [-0.15, -0.1) is 0 Å². The third-order valence-electron chi connectivity index (χ3n) is 5.84. The van der Waals surface area contributed by atoms with Crippen LogP contribution in [0.25, 0.3) is 0 Å². The number of hydrogen-bond donors (Lipinski definition) is 1. The van der Waals surface area contributed by atoms with Crippen LogP contribution in [0.15, 0.2) is 66.7 Å². The molecular formula is C26H27Cl2N3O4S. The fourth-order valence-electron chi connectivity index (χ4n) is 3.94. The Hall–Kier alpha value is -2.78. The molecular weight excluding hydrogens is 521 g/mol. The van der Waals surface area contributed by atoms with Crippen molar-refractivity contribution in [1.29, 1.82) is 0 Å². The molecule has 1 saturated heterocycles. The second-order valence-corrected chi connectivity index (χ2v) is 11.3.